The van der Waals surface area contributed by atoms with Crippen LogP contribution in [0.15, 0.2) is 36.0 Å². The highest BCUT2D eigenvalue weighted by Gasteiger charge is 2.07. The van der Waals surface area contributed by atoms with E-state index in [0.29, 0.717) is 0 Å². The number of rotatable bonds is 3. The van der Waals surface area contributed by atoms with Gasteiger partial charge in [-0.2, -0.15) is 0 Å². The van der Waals surface area contributed by atoms with Crippen LogP contribution in [0, 0.1) is 6.92 Å². The van der Waals surface area contributed by atoms with Crippen LogP contribution in [0.25, 0.3) is 0 Å². The molecule has 0 atom stereocenters. The first-order chi connectivity index (χ1) is 7.00. The third-order valence-corrected chi connectivity index (χ3v) is 2.12. The Bertz CT molecular complexity index is 374. The van der Waals surface area contributed by atoms with Gasteiger partial charge in [0.1, 0.15) is 0 Å². The molecule has 0 N–H and O–H groups in total. The molecule has 15 heavy (non-hydrogen) atoms. The molecule has 0 amide bonds. The summed E-state index contributed by atoms with van der Waals surface area (Å²) in [5, 5.41) is 0. The Balaban J connectivity index is 2.90. The summed E-state index contributed by atoms with van der Waals surface area (Å²) in [5.41, 5.74) is 2.67. The Morgan fingerprint density at radius 2 is 1.73 bits per heavy atom. The molecule has 2 heteroatoms. The molecule has 0 fully saturated rings. The van der Waals surface area contributed by atoms with Crippen LogP contribution >= 0.6 is 0 Å². The summed E-state index contributed by atoms with van der Waals surface area (Å²) in [5.74, 6) is 0.0868. The molecule has 1 aromatic rings. The van der Waals surface area contributed by atoms with Crippen molar-refractivity contribution in [2.24, 2.45) is 0 Å². The minimum absolute atomic E-state index is 0.0868. The van der Waals surface area contributed by atoms with E-state index < -0.39 is 0 Å². The molecule has 0 spiro atoms. The maximum Gasteiger partial charge on any atom is 0.190 e. The predicted octanol–water partition coefficient (Wildman–Crippen LogP) is 2.64. The lowest BCUT2D eigenvalue weighted by Gasteiger charge is -2.07. The van der Waals surface area contributed by atoms with Crippen molar-refractivity contribution in [1.82, 2.24) is 4.90 Å². The fourth-order valence-electron chi connectivity index (χ4n) is 1.38. The molecule has 1 aromatic carbocycles. The first-order valence-electron chi connectivity index (χ1n) is 4.97. The fourth-order valence-corrected chi connectivity index (χ4v) is 1.38. The zero-order valence-electron chi connectivity index (χ0n) is 9.74. The van der Waals surface area contributed by atoms with Crippen LogP contribution in [0.4, 0.5) is 0 Å². The number of hydrogen-bond acceptors (Lipinski definition) is 2. The Kier molecular flexibility index (Phi) is 3.67. The monoisotopic (exact) mass is 203 g/mol. The molecule has 0 heterocycles. The van der Waals surface area contributed by atoms with Gasteiger partial charge in [0, 0.05) is 31.4 Å². The number of aryl methyl sites for hydroxylation is 1. The normalized spacial score (nSPS) is 11.3. The minimum atomic E-state index is 0.0868. The molecule has 80 valence electrons. The van der Waals surface area contributed by atoms with Crippen LogP contribution in [0.3, 0.4) is 0 Å². The molecule has 0 saturated carbocycles. The number of carbonyl (C=O) groups is 1. The second kappa shape index (κ2) is 4.78. The van der Waals surface area contributed by atoms with Gasteiger partial charge in [0.05, 0.1) is 0 Å². The zero-order valence-corrected chi connectivity index (χ0v) is 9.74. The minimum Gasteiger partial charge on any atom is -0.383 e. The number of ketones is 1. The quantitative estimate of drug-likeness (QED) is 0.556. The third kappa shape index (κ3) is 3.24. The van der Waals surface area contributed by atoms with E-state index >= 15 is 0 Å². The van der Waals surface area contributed by atoms with E-state index in [0.717, 1.165) is 11.1 Å². The van der Waals surface area contributed by atoms with Crippen LogP contribution in [0.2, 0.25) is 0 Å². The molecule has 0 saturated heterocycles. The van der Waals surface area contributed by atoms with Gasteiger partial charge in [-0.25, -0.2) is 0 Å². The van der Waals surface area contributed by atoms with Crippen molar-refractivity contribution in [1.29, 1.82) is 0 Å². The van der Waals surface area contributed by atoms with Crippen molar-refractivity contribution in [2.45, 2.75) is 13.8 Å². The maximum absolute atomic E-state index is 11.9. The van der Waals surface area contributed by atoms with Gasteiger partial charge in [-0.15, -0.1) is 0 Å². The Morgan fingerprint density at radius 3 is 2.20 bits per heavy atom. The number of Topliss-reactive ketones (excluding diaryl/α,β-unsaturated/α-hetero) is 1. The molecular weight excluding hydrogens is 186 g/mol. The van der Waals surface area contributed by atoms with Crippen molar-refractivity contribution >= 4 is 5.78 Å². The van der Waals surface area contributed by atoms with Crippen LogP contribution < -0.4 is 0 Å². The number of allylic oxidation sites excluding steroid dienone is 1. The lowest BCUT2D eigenvalue weighted by Crippen LogP contribution is -2.07. The second-order valence-electron chi connectivity index (χ2n) is 3.97. The molecule has 0 aliphatic heterocycles. The molecule has 2 nitrogen and oxygen atoms in total. The van der Waals surface area contributed by atoms with Gasteiger partial charge >= 0.3 is 0 Å². The van der Waals surface area contributed by atoms with Crippen molar-refractivity contribution in [3.63, 3.8) is 0 Å². The summed E-state index contributed by atoms with van der Waals surface area (Å²) >= 11 is 0. The molecular formula is C13H17NO. The Hall–Kier alpha value is -1.57. The van der Waals surface area contributed by atoms with Crippen molar-refractivity contribution in [3.05, 3.63) is 47.2 Å². The summed E-state index contributed by atoms with van der Waals surface area (Å²) in [4.78, 5) is 13.8. The van der Waals surface area contributed by atoms with Crippen molar-refractivity contribution in [2.75, 3.05) is 14.1 Å². The van der Waals surface area contributed by atoms with E-state index in [1.807, 2.05) is 63.3 Å². The van der Waals surface area contributed by atoms with Gasteiger partial charge in [-0.3, -0.25) is 4.79 Å². The highest BCUT2D eigenvalue weighted by atomic mass is 16.1. The van der Waals surface area contributed by atoms with E-state index in [9.17, 15) is 4.79 Å². The highest BCUT2D eigenvalue weighted by Crippen LogP contribution is 2.09. The number of carbonyl (C=O) groups excluding carboxylic acids is 1. The van der Waals surface area contributed by atoms with E-state index in [4.69, 9.17) is 0 Å². The predicted molar refractivity (Wildman–Crippen MR) is 63.0 cm³/mol. The average molecular weight is 203 g/mol. The molecule has 1 rings (SSSR count). The second-order valence-corrected chi connectivity index (χ2v) is 3.97. The smallest absolute Gasteiger partial charge is 0.190 e. The van der Waals surface area contributed by atoms with Crippen LogP contribution in [0.5, 0.6) is 0 Å². The van der Waals surface area contributed by atoms with Crippen LogP contribution in [0.1, 0.15) is 22.8 Å². The van der Waals surface area contributed by atoms with Crippen molar-refractivity contribution < 1.29 is 4.79 Å². The van der Waals surface area contributed by atoms with Gasteiger partial charge < -0.3 is 4.90 Å². The first-order valence-corrected chi connectivity index (χ1v) is 4.97. The highest BCUT2D eigenvalue weighted by molar-refractivity contribution is 6.08. The standard InChI is InChI=1S/C13H17NO/c1-10-5-7-12(8-6-10)13(15)11(2)9-14(3)4/h5-9H,1-4H3. The molecule has 0 radical (unpaired) electrons. The molecule has 0 aliphatic carbocycles. The topological polar surface area (TPSA) is 20.3 Å². The molecule has 0 aliphatic rings. The summed E-state index contributed by atoms with van der Waals surface area (Å²) in [7, 11) is 3.82. The lowest BCUT2D eigenvalue weighted by molar-refractivity contribution is 0.103. The summed E-state index contributed by atoms with van der Waals surface area (Å²) < 4.78 is 0. The van der Waals surface area contributed by atoms with E-state index in [-0.39, 0.29) is 5.78 Å². The van der Waals surface area contributed by atoms with Crippen molar-refractivity contribution in [3.8, 4) is 0 Å². The largest absolute Gasteiger partial charge is 0.383 e. The van der Waals surface area contributed by atoms with Gasteiger partial charge in [0.15, 0.2) is 5.78 Å². The molecule has 0 unspecified atom stereocenters. The van der Waals surface area contributed by atoms with E-state index in [1.165, 1.54) is 5.56 Å². The SMILES string of the molecule is CC(=CN(C)C)C(=O)c1ccc(C)cc1. The van der Waals surface area contributed by atoms with Gasteiger partial charge in [-0.1, -0.05) is 29.8 Å². The fraction of sp³-hybridized carbons (Fsp3) is 0.308. The summed E-state index contributed by atoms with van der Waals surface area (Å²) in [6.45, 7) is 3.85. The number of nitrogens with zero attached hydrogens (tertiary/aromatic N) is 1. The van der Waals surface area contributed by atoms with Gasteiger partial charge in [0.25, 0.3) is 0 Å². The van der Waals surface area contributed by atoms with E-state index in [2.05, 4.69) is 0 Å². The zero-order chi connectivity index (χ0) is 11.4. The first kappa shape index (κ1) is 11.5. The Morgan fingerprint density at radius 1 is 1.20 bits per heavy atom. The Labute approximate surface area is 91.2 Å². The van der Waals surface area contributed by atoms with E-state index in [1.54, 1.807) is 0 Å². The third-order valence-electron chi connectivity index (χ3n) is 2.12. The molecule has 0 aromatic heterocycles. The summed E-state index contributed by atoms with van der Waals surface area (Å²) in [6.07, 6.45) is 1.84. The maximum atomic E-state index is 11.9. The molecule has 0 bridgehead atoms. The number of hydrogen-bond donors (Lipinski definition) is 0. The van der Waals surface area contributed by atoms with Gasteiger partial charge in [-0.05, 0) is 13.8 Å². The number of benzene rings is 1. The summed E-state index contributed by atoms with van der Waals surface area (Å²) in [6, 6.07) is 7.64. The van der Waals surface area contributed by atoms with Crippen LogP contribution in [-0.2, 0) is 0 Å². The van der Waals surface area contributed by atoms with Gasteiger partial charge in [0.2, 0.25) is 0 Å². The average Bonchev–Trinajstić information content (AvgIpc) is 2.17. The lowest BCUT2D eigenvalue weighted by atomic mass is 10.0. The van der Waals surface area contributed by atoms with Crippen LogP contribution in [-0.4, -0.2) is 24.8 Å².